The topological polar surface area (TPSA) is 53.4 Å². The van der Waals surface area contributed by atoms with Crippen molar-refractivity contribution in [1.29, 1.82) is 0 Å². The van der Waals surface area contributed by atoms with Gasteiger partial charge in [0.15, 0.2) is 5.11 Å². The lowest BCUT2D eigenvalue weighted by atomic mass is 9.97. The van der Waals surface area contributed by atoms with Gasteiger partial charge in [0.25, 0.3) is 0 Å². The minimum absolute atomic E-state index is 0.0395. The number of thiocarbonyl (C=S) groups is 1. The van der Waals surface area contributed by atoms with Crippen molar-refractivity contribution in [1.82, 2.24) is 20.3 Å². The van der Waals surface area contributed by atoms with Crippen LogP contribution in [0.1, 0.15) is 29.2 Å². The maximum atomic E-state index is 5.80. The average molecular weight is 438 g/mol. The van der Waals surface area contributed by atoms with Crippen LogP contribution in [0, 0.1) is 0 Å². The lowest BCUT2D eigenvalue weighted by Crippen LogP contribution is -2.37. The standard InChI is InChI=1S/C26H23N5S/c32-26(29-15-14-19-8-3-1-4-9-19)31-24(18-23(30-31)20-10-5-2-6-11-20)21-12-7-13-22-25(21)28-17-16-27-22/h1-13,16-17,24H,14-15,18H2,(H,29,32)/t24-/m0/s1. The van der Waals surface area contributed by atoms with Gasteiger partial charge in [-0.15, -0.1) is 0 Å². The molecule has 32 heavy (non-hydrogen) atoms. The van der Waals surface area contributed by atoms with Crippen LogP contribution in [-0.4, -0.2) is 32.3 Å². The second-order valence-electron chi connectivity index (χ2n) is 7.72. The highest BCUT2D eigenvalue weighted by molar-refractivity contribution is 7.80. The molecule has 1 atom stereocenters. The van der Waals surface area contributed by atoms with Gasteiger partial charge in [0.1, 0.15) is 0 Å². The number of hydrogen-bond donors (Lipinski definition) is 1. The Morgan fingerprint density at radius 3 is 2.47 bits per heavy atom. The summed E-state index contributed by atoms with van der Waals surface area (Å²) >= 11 is 5.80. The van der Waals surface area contributed by atoms with Gasteiger partial charge in [-0.3, -0.25) is 9.97 Å². The van der Waals surface area contributed by atoms with E-state index in [0.29, 0.717) is 5.11 Å². The van der Waals surface area contributed by atoms with Crippen LogP contribution in [0.3, 0.4) is 0 Å². The number of benzene rings is 3. The van der Waals surface area contributed by atoms with Crippen molar-refractivity contribution in [2.45, 2.75) is 18.9 Å². The summed E-state index contributed by atoms with van der Waals surface area (Å²) in [5, 5.41) is 10.9. The van der Waals surface area contributed by atoms with Crippen molar-refractivity contribution in [3.05, 3.63) is 108 Å². The van der Waals surface area contributed by atoms with E-state index in [2.05, 4.69) is 57.7 Å². The summed E-state index contributed by atoms with van der Waals surface area (Å²) in [4.78, 5) is 9.09. The van der Waals surface area contributed by atoms with Crippen LogP contribution < -0.4 is 5.32 Å². The van der Waals surface area contributed by atoms with Gasteiger partial charge in [-0.2, -0.15) is 5.10 Å². The highest BCUT2D eigenvalue weighted by Crippen LogP contribution is 2.35. The lowest BCUT2D eigenvalue weighted by Gasteiger charge is -2.25. The molecule has 0 unspecified atom stereocenters. The minimum Gasteiger partial charge on any atom is -0.361 e. The van der Waals surface area contributed by atoms with E-state index in [1.165, 1.54) is 5.56 Å². The number of para-hydroxylation sites is 1. The number of fused-ring (bicyclic) bond motifs is 1. The number of rotatable bonds is 5. The molecule has 5 rings (SSSR count). The van der Waals surface area contributed by atoms with Crippen LogP contribution >= 0.6 is 12.2 Å². The van der Waals surface area contributed by atoms with Gasteiger partial charge in [-0.25, -0.2) is 5.01 Å². The molecule has 0 spiro atoms. The summed E-state index contributed by atoms with van der Waals surface area (Å²) in [7, 11) is 0. The van der Waals surface area contributed by atoms with Gasteiger partial charge in [-0.1, -0.05) is 72.8 Å². The second kappa shape index (κ2) is 9.24. The first-order valence-electron chi connectivity index (χ1n) is 10.7. The molecule has 6 heteroatoms. The van der Waals surface area contributed by atoms with Gasteiger partial charge in [0.05, 0.1) is 22.8 Å². The fourth-order valence-electron chi connectivity index (χ4n) is 4.07. The van der Waals surface area contributed by atoms with E-state index in [-0.39, 0.29) is 6.04 Å². The maximum Gasteiger partial charge on any atom is 0.190 e. The van der Waals surface area contributed by atoms with Gasteiger partial charge in [-0.05, 0) is 35.8 Å². The van der Waals surface area contributed by atoms with E-state index in [9.17, 15) is 0 Å². The summed E-state index contributed by atoms with van der Waals surface area (Å²) in [5.41, 5.74) is 6.25. The zero-order valence-corrected chi connectivity index (χ0v) is 18.4. The molecule has 0 fully saturated rings. The van der Waals surface area contributed by atoms with Crippen molar-refractivity contribution in [2.75, 3.05) is 6.54 Å². The summed E-state index contributed by atoms with van der Waals surface area (Å²) in [6.45, 7) is 0.748. The van der Waals surface area contributed by atoms with Crippen LogP contribution in [0.5, 0.6) is 0 Å². The first-order valence-corrected chi connectivity index (χ1v) is 11.1. The number of hydrazone groups is 1. The third-order valence-corrected chi connectivity index (χ3v) is 5.98. The Morgan fingerprint density at radius 1 is 0.906 bits per heavy atom. The van der Waals surface area contributed by atoms with Crippen molar-refractivity contribution in [2.24, 2.45) is 5.10 Å². The van der Waals surface area contributed by atoms with Crippen LogP contribution in [0.2, 0.25) is 0 Å². The van der Waals surface area contributed by atoms with E-state index in [0.717, 1.165) is 47.3 Å². The zero-order chi connectivity index (χ0) is 21.8. The monoisotopic (exact) mass is 437 g/mol. The molecular formula is C26H23N5S. The lowest BCUT2D eigenvalue weighted by molar-refractivity contribution is 0.366. The first-order chi connectivity index (χ1) is 15.8. The largest absolute Gasteiger partial charge is 0.361 e. The molecule has 0 bridgehead atoms. The molecule has 3 aromatic carbocycles. The molecule has 0 aliphatic carbocycles. The molecule has 0 amide bonds. The highest BCUT2D eigenvalue weighted by Gasteiger charge is 2.32. The van der Waals surface area contributed by atoms with Gasteiger partial charge in [0.2, 0.25) is 0 Å². The molecule has 5 nitrogen and oxygen atoms in total. The van der Waals surface area contributed by atoms with E-state index in [1.807, 2.05) is 41.4 Å². The fraction of sp³-hybridized carbons (Fsp3) is 0.154. The van der Waals surface area contributed by atoms with Crippen LogP contribution in [0.25, 0.3) is 11.0 Å². The Bertz CT molecular complexity index is 1250. The summed E-state index contributed by atoms with van der Waals surface area (Å²) in [5.74, 6) is 0. The molecule has 0 radical (unpaired) electrons. The zero-order valence-electron chi connectivity index (χ0n) is 17.6. The van der Waals surface area contributed by atoms with Crippen molar-refractivity contribution in [3.63, 3.8) is 0 Å². The molecule has 4 aromatic rings. The number of nitrogens with zero attached hydrogens (tertiary/aromatic N) is 4. The Morgan fingerprint density at radius 2 is 1.66 bits per heavy atom. The average Bonchev–Trinajstić information content (AvgIpc) is 3.30. The molecule has 2 heterocycles. The smallest absolute Gasteiger partial charge is 0.190 e. The molecule has 0 saturated heterocycles. The SMILES string of the molecule is S=C(NCCc1ccccc1)N1N=C(c2ccccc2)C[C@H]1c1cccc2nccnc12. The molecular weight excluding hydrogens is 414 g/mol. The molecule has 1 aliphatic rings. The fourth-order valence-corrected chi connectivity index (χ4v) is 4.34. The number of nitrogens with one attached hydrogen (secondary N) is 1. The predicted molar refractivity (Wildman–Crippen MR) is 132 cm³/mol. The number of aromatic nitrogens is 2. The quantitative estimate of drug-likeness (QED) is 0.450. The van der Waals surface area contributed by atoms with Crippen LogP contribution in [-0.2, 0) is 6.42 Å². The van der Waals surface area contributed by atoms with Crippen molar-refractivity contribution < 1.29 is 0 Å². The first kappa shape index (κ1) is 20.3. The summed E-state index contributed by atoms with van der Waals surface area (Å²) < 4.78 is 0. The summed E-state index contributed by atoms with van der Waals surface area (Å²) in [6.07, 6.45) is 5.11. The third kappa shape index (κ3) is 4.22. The normalized spacial score (nSPS) is 15.6. The Balaban J connectivity index is 1.43. The van der Waals surface area contributed by atoms with Crippen molar-refractivity contribution >= 4 is 34.1 Å². The van der Waals surface area contributed by atoms with Crippen molar-refractivity contribution in [3.8, 4) is 0 Å². The van der Waals surface area contributed by atoms with E-state index in [4.69, 9.17) is 17.3 Å². The highest BCUT2D eigenvalue weighted by atomic mass is 32.1. The van der Waals surface area contributed by atoms with E-state index < -0.39 is 0 Å². The van der Waals surface area contributed by atoms with E-state index >= 15 is 0 Å². The maximum absolute atomic E-state index is 5.80. The Kier molecular flexibility index (Phi) is 5.85. The molecule has 1 N–H and O–H groups in total. The second-order valence-corrected chi connectivity index (χ2v) is 8.10. The van der Waals surface area contributed by atoms with Gasteiger partial charge < -0.3 is 5.32 Å². The number of hydrogen-bond acceptors (Lipinski definition) is 4. The third-order valence-electron chi connectivity index (χ3n) is 5.65. The predicted octanol–water partition coefficient (Wildman–Crippen LogP) is 4.90. The summed E-state index contributed by atoms with van der Waals surface area (Å²) in [6, 6.07) is 26.8. The van der Waals surface area contributed by atoms with Gasteiger partial charge in [0, 0.05) is 30.9 Å². The minimum atomic E-state index is -0.0395. The van der Waals surface area contributed by atoms with Gasteiger partial charge >= 0.3 is 0 Å². The molecule has 1 aromatic heterocycles. The molecule has 0 saturated carbocycles. The van der Waals surface area contributed by atoms with E-state index in [1.54, 1.807) is 12.4 Å². The Hall–Kier alpha value is -3.64. The van der Waals surface area contributed by atoms with Crippen LogP contribution in [0.15, 0.2) is 96.4 Å². The van der Waals surface area contributed by atoms with Crippen LogP contribution in [0.4, 0.5) is 0 Å². The Labute approximate surface area is 192 Å². The molecule has 1 aliphatic heterocycles. The molecule has 158 valence electrons.